The molecule has 1 aliphatic rings. The van der Waals surface area contributed by atoms with Crippen LogP contribution in [0.15, 0.2) is 29.3 Å². The molecule has 2 aromatic heterocycles. The number of nitrogen functional groups attached to an aromatic ring is 1. The average Bonchev–Trinajstić information content (AvgIpc) is 3.09. The van der Waals surface area contributed by atoms with Gasteiger partial charge >= 0.3 is 0 Å². The molecule has 19 heavy (non-hydrogen) atoms. The summed E-state index contributed by atoms with van der Waals surface area (Å²) < 4.78 is 5.06. The van der Waals surface area contributed by atoms with Gasteiger partial charge in [-0.05, 0) is 18.9 Å². The number of rotatable bonds is 2. The molecule has 1 aliphatic heterocycles. The minimum absolute atomic E-state index is 0.0806. The largest absolute Gasteiger partial charge is 0.438 e. The number of oxazole rings is 1. The molecule has 1 amide bonds. The Morgan fingerprint density at radius 2 is 2.42 bits per heavy atom. The Bertz CT molecular complexity index is 584. The molecule has 7 nitrogen and oxygen atoms in total. The zero-order valence-electron chi connectivity index (χ0n) is 10.2. The molecule has 0 aromatic carbocycles. The van der Waals surface area contributed by atoms with E-state index in [4.69, 9.17) is 10.2 Å². The fraction of sp³-hybridized carbons (Fsp3) is 0.333. The van der Waals surface area contributed by atoms with Gasteiger partial charge in [0.25, 0.3) is 5.91 Å². The van der Waals surface area contributed by atoms with Crippen molar-refractivity contribution < 1.29 is 9.21 Å². The van der Waals surface area contributed by atoms with Gasteiger partial charge in [0.2, 0.25) is 11.7 Å². The summed E-state index contributed by atoms with van der Waals surface area (Å²) in [5.41, 5.74) is 6.35. The van der Waals surface area contributed by atoms with Gasteiger partial charge in [-0.3, -0.25) is 4.79 Å². The topological polar surface area (TPSA) is 98.1 Å². The Kier molecular flexibility index (Phi) is 2.86. The molecule has 0 radical (unpaired) electrons. The normalized spacial score (nSPS) is 18.7. The molecule has 0 spiro atoms. The second-order valence-corrected chi connectivity index (χ2v) is 4.36. The molecule has 2 N–H and O–H groups in total. The summed E-state index contributed by atoms with van der Waals surface area (Å²) in [6.45, 7) is 0.675. The van der Waals surface area contributed by atoms with Crippen LogP contribution in [-0.2, 0) is 0 Å². The number of carbonyl (C=O) groups excluding carboxylic acids is 1. The highest BCUT2D eigenvalue weighted by Gasteiger charge is 2.32. The highest BCUT2D eigenvalue weighted by molar-refractivity contribution is 5.91. The summed E-state index contributed by atoms with van der Waals surface area (Å²) in [4.78, 5) is 25.9. The molecule has 0 saturated carbocycles. The maximum atomic E-state index is 12.3. The van der Waals surface area contributed by atoms with Gasteiger partial charge in [0.15, 0.2) is 6.39 Å². The number of nitrogens with zero attached hydrogens (tertiary/aromatic N) is 4. The fourth-order valence-corrected chi connectivity index (χ4v) is 2.35. The minimum Gasteiger partial charge on any atom is -0.438 e. The van der Waals surface area contributed by atoms with Crippen molar-refractivity contribution in [2.45, 2.75) is 18.9 Å². The molecule has 3 rings (SSSR count). The van der Waals surface area contributed by atoms with E-state index in [1.165, 1.54) is 12.6 Å². The number of hydrogen-bond donors (Lipinski definition) is 1. The number of likely N-dealkylation sites (tertiary alicyclic amines) is 1. The zero-order valence-corrected chi connectivity index (χ0v) is 10.2. The molecule has 3 heterocycles. The maximum Gasteiger partial charge on any atom is 0.291 e. The van der Waals surface area contributed by atoms with Crippen LogP contribution in [0, 0.1) is 0 Å². The highest BCUT2D eigenvalue weighted by atomic mass is 16.3. The van der Waals surface area contributed by atoms with Crippen molar-refractivity contribution in [2.75, 3.05) is 12.3 Å². The smallest absolute Gasteiger partial charge is 0.291 e. The molecule has 98 valence electrons. The molecule has 1 atom stereocenters. The lowest BCUT2D eigenvalue weighted by Crippen LogP contribution is -2.30. The summed E-state index contributed by atoms with van der Waals surface area (Å²) in [5, 5.41) is 0. The van der Waals surface area contributed by atoms with Gasteiger partial charge in [0, 0.05) is 12.7 Å². The molecule has 7 heteroatoms. The highest BCUT2D eigenvalue weighted by Crippen LogP contribution is 2.32. The van der Waals surface area contributed by atoms with Crippen LogP contribution in [0.4, 0.5) is 5.95 Å². The minimum atomic E-state index is -0.169. The third kappa shape index (κ3) is 2.14. The van der Waals surface area contributed by atoms with E-state index >= 15 is 0 Å². The van der Waals surface area contributed by atoms with E-state index in [0.717, 1.165) is 18.5 Å². The Balaban J connectivity index is 1.88. The molecule has 1 unspecified atom stereocenters. The van der Waals surface area contributed by atoms with Gasteiger partial charge < -0.3 is 15.1 Å². The van der Waals surface area contributed by atoms with Crippen LogP contribution in [0.1, 0.15) is 35.1 Å². The fourth-order valence-electron chi connectivity index (χ4n) is 2.35. The van der Waals surface area contributed by atoms with Crippen molar-refractivity contribution in [1.29, 1.82) is 0 Å². The third-order valence-corrected chi connectivity index (χ3v) is 3.19. The second kappa shape index (κ2) is 4.68. The Hall–Kier alpha value is -2.44. The van der Waals surface area contributed by atoms with Crippen LogP contribution in [-0.4, -0.2) is 32.3 Å². The van der Waals surface area contributed by atoms with Gasteiger partial charge in [-0.1, -0.05) is 0 Å². The summed E-state index contributed by atoms with van der Waals surface area (Å²) in [5.74, 6) is 0.294. The van der Waals surface area contributed by atoms with E-state index < -0.39 is 0 Å². The first-order chi connectivity index (χ1) is 9.25. The maximum absolute atomic E-state index is 12.3. The van der Waals surface area contributed by atoms with Crippen LogP contribution in [0.25, 0.3) is 0 Å². The number of carbonyl (C=O) groups is 1. The predicted octanol–water partition coefficient (Wildman–Crippen LogP) is 1.02. The van der Waals surface area contributed by atoms with E-state index in [1.54, 1.807) is 17.2 Å². The van der Waals surface area contributed by atoms with Crippen molar-refractivity contribution in [2.24, 2.45) is 0 Å². The van der Waals surface area contributed by atoms with Crippen LogP contribution >= 0.6 is 0 Å². The summed E-state index contributed by atoms with van der Waals surface area (Å²) >= 11 is 0. The van der Waals surface area contributed by atoms with E-state index in [9.17, 15) is 4.79 Å². The summed E-state index contributed by atoms with van der Waals surface area (Å²) in [6, 6.07) is 1.70. The first-order valence-corrected chi connectivity index (χ1v) is 6.03. The number of anilines is 1. The van der Waals surface area contributed by atoms with E-state index in [-0.39, 0.29) is 23.7 Å². The quantitative estimate of drug-likeness (QED) is 0.864. The van der Waals surface area contributed by atoms with Gasteiger partial charge in [0.1, 0.15) is 0 Å². The van der Waals surface area contributed by atoms with Crippen molar-refractivity contribution in [3.63, 3.8) is 0 Å². The Labute approximate surface area is 109 Å². The lowest BCUT2D eigenvalue weighted by Gasteiger charge is -2.23. The number of hydrogen-bond acceptors (Lipinski definition) is 6. The molecule has 2 aromatic rings. The second-order valence-electron chi connectivity index (χ2n) is 4.36. The van der Waals surface area contributed by atoms with Crippen LogP contribution in [0.2, 0.25) is 0 Å². The molecule has 1 fully saturated rings. The monoisotopic (exact) mass is 259 g/mol. The lowest BCUT2D eigenvalue weighted by atomic mass is 10.1. The third-order valence-electron chi connectivity index (χ3n) is 3.19. The van der Waals surface area contributed by atoms with Crippen molar-refractivity contribution in [3.8, 4) is 0 Å². The lowest BCUT2D eigenvalue weighted by molar-refractivity contribution is 0.0700. The summed E-state index contributed by atoms with van der Waals surface area (Å²) in [7, 11) is 0. The zero-order chi connectivity index (χ0) is 13.2. The first-order valence-electron chi connectivity index (χ1n) is 6.03. The standard InChI is InChI=1S/C12H13N5O2/c13-12-15-4-3-8(16-12)9-2-1-5-17(9)11(18)10-6-14-7-19-10/h3-4,6-7,9H,1-2,5H2,(H2,13,15,16). The van der Waals surface area contributed by atoms with E-state index in [1.807, 2.05) is 0 Å². The number of amides is 1. The van der Waals surface area contributed by atoms with Crippen LogP contribution in [0.5, 0.6) is 0 Å². The molecule has 0 aliphatic carbocycles. The molecule has 1 saturated heterocycles. The Morgan fingerprint density at radius 1 is 1.53 bits per heavy atom. The number of nitrogens with two attached hydrogens (primary N) is 1. The first kappa shape index (κ1) is 11.6. The molecular weight excluding hydrogens is 246 g/mol. The van der Waals surface area contributed by atoms with Gasteiger partial charge in [0.05, 0.1) is 17.9 Å². The van der Waals surface area contributed by atoms with E-state index in [2.05, 4.69) is 15.0 Å². The summed E-state index contributed by atoms with van der Waals surface area (Å²) in [6.07, 6.45) is 6.06. The molecule has 0 bridgehead atoms. The van der Waals surface area contributed by atoms with Crippen molar-refractivity contribution in [3.05, 3.63) is 36.3 Å². The van der Waals surface area contributed by atoms with Gasteiger partial charge in [-0.15, -0.1) is 0 Å². The van der Waals surface area contributed by atoms with Crippen molar-refractivity contribution >= 4 is 11.9 Å². The van der Waals surface area contributed by atoms with Crippen LogP contribution in [0.3, 0.4) is 0 Å². The number of aromatic nitrogens is 3. The SMILES string of the molecule is Nc1nccc(C2CCCN2C(=O)c2cnco2)n1. The Morgan fingerprint density at radius 3 is 3.16 bits per heavy atom. The average molecular weight is 259 g/mol. The predicted molar refractivity (Wildman–Crippen MR) is 66.0 cm³/mol. The van der Waals surface area contributed by atoms with Gasteiger partial charge in [-0.2, -0.15) is 0 Å². The van der Waals surface area contributed by atoms with Gasteiger partial charge in [-0.25, -0.2) is 15.0 Å². The molecular formula is C12H13N5O2. The van der Waals surface area contributed by atoms with E-state index in [0.29, 0.717) is 6.54 Å². The van der Waals surface area contributed by atoms with Crippen LogP contribution < -0.4 is 5.73 Å². The van der Waals surface area contributed by atoms with Crippen molar-refractivity contribution in [1.82, 2.24) is 19.9 Å².